The van der Waals surface area contributed by atoms with Crippen LogP contribution in [0.15, 0.2) is 29.2 Å². The first-order valence-electron chi connectivity index (χ1n) is 6.47. The first-order chi connectivity index (χ1) is 9.65. The molecule has 1 unspecified atom stereocenters. The Morgan fingerprint density at radius 3 is 2.90 bits per heavy atom. The van der Waals surface area contributed by atoms with Gasteiger partial charge in [-0.3, -0.25) is 9.59 Å². The van der Waals surface area contributed by atoms with E-state index in [-0.39, 0.29) is 10.9 Å². The summed E-state index contributed by atoms with van der Waals surface area (Å²) < 4.78 is 5.14. The van der Waals surface area contributed by atoms with Gasteiger partial charge >= 0.3 is 0 Å². The Kier molecular flexibility index (Phi) is 4.98. The van der Waals surface area contributed by atoms with Crippen LogP contribution in [0.2, 0.25) is 0 Å². The van der Waals surface area contributed by atoms with Gasteiger partial charge in [-0.2, -0.15) is 0 Å². The average molecular weight is 291 g/mol. The zero-order valence-corrected chi connectivity index (χ0v) is 12.1. The fourth-order valence-electron chi connectivity index (χ4n) is 2.06. The molecule has 1 aromatic carbocycles. The number of rotatable bonds is 5. The Balaban J connectivity index is 2.18. The molecule has 0 aliphatic carbocycles. The molecule has 2 N–H and O–H groups in total. The zero-order valence-electron chi connectivity index (χ0n) is 11.3. The molecule has 0 radical (unpaired) electrons. The van der Waals surface area contributed by atoms with E-state index in [1.165, 1.54) is 0 Å². The number of carbonyl (C=O) groups is 2. The van der Waals surface area contributed by atoms with E-state index in [0.29, 0.717) is 24.3 Å². The molecule has 2 rings (SSSR count). The van der Waals surface area contributed by atoms with Gasteiger partial charge in [-0.15, -0.1) is 0 Å². The second kappa shape index (κ2) is 6.72. The number of allylic oxidation sites excluding steroid dienone is 1. The Morgan fingerprint density at radius 1 is 1.40 bits per heavy atom. The minimum absolute atomic E-state index is 0.0717. The Hall–Kier alpha value is -1.59. The Morgan fingerprint density at radius 2 is 2.20 bits per heavy atom. The highest BCUT2D eigenvalue weighted by Crippen LogP contribution is 2.37. The number of benzene rings is 1. The number of ether oxygens (including phenoxy) is 1. The van der Waals surface area contributed by atoms with Gasteiger partial charge in [0.25, 0.3) is 0 Å². The highest BCUT2D eigenvalue weighted by atomic mass is 32.2. The Labute approximate surface area is 122 Å². The summed E-state index contributed by atoms with van der Waals surface area (Å²) in [5.74, 6) is 0.109. The molecule has 0 bridgehead atoms. The third-order valence-electron chi connectivity index (χ3n) is 3.14. The second-order valence-electron chi connectivity index (χ2n) is 4.55. The van der Waals surface area contributed by atoms with Crippen molar-refractivity contribution in [2.24, 2.45) is 11.7 Å². The van der Waals surface area contributed by atoms with Gasteiger partial charge in [0.05, 0.1) is 17.9 Å². The standard InChI is InChI=1S/C15H17NO3S/c1-19-11-5-2-4-10(8-11)9-13-14(17)12(6-3-7-16)15(18)20-13/h2,4-5,8-9,12H,3,6-7,16H2,1H3/b13-9-. The number of methoxy groups -OCH3 is 1. The predicted molar refractivity (Wildman–Crippen MR) is 80.4 cm³/mol. The van der Waals surface area contributed by atoms with Gasteiger partial charge in [-0.25, -0.2) is 0 Å². The summed E-state index contributed by atoms with van der Waals surface area (Å²) in [6.45, 7) is 0.497. The molecule has 1 atom stereocenters. The highest BCUT2D eigenvalue weighted by Gasteiger charge is 2.37. The Bertz CT molecular complexity index is 554. The van der Waals surface area contributed by atoms with E-state index in [1.54, 1.807) is 13.2 Å². The average Bonchev–Trinajstić information content (AvgIpc) is 2.72. The molecule has 0 spiro atoms. The van der Waals surface area contributed by atoms with Gasteiger partial charge in [0.2, 0.25) is 5.12 Å². The summed E-state index contributed by atoms with van der Waals surface area (Å²) in [7, 11) is 1.59. The lowest BCUT2D eigenvalue weighted by molar-refractivity contribution is -0.124. The first-order valence-corrected chi connectivity index (χ1v) is 7.29. The van der Waals surface area contributed by atoms with E-state index in [1.807, 2.05) is 24.3 Å². The van der Waals surface area contributed by atoms with Gasteiger partial charge in [0.15, 0.2) is 5.78 Å². The largest absolute Gasteiger partial charge is 0.497 e. The summed E-state index contributed by atoms with van der Waals surface area (Å²) in [6, 6.07) is 7.39. The number of carbonyl (C=O) groups excluding carboxylic acids is 2. The van der Waals surface area contributed by atoms with Crippen molar-refractivity contribution in [1.29, 1.82) is 0 Å². The molecule has 4 nitrogen and oxygen atoms in total. The van der Waals surface area contributed by atoms with Crippen molar-refractivity contribution in [2.75, 3.05) is 13.7 Å². The number of hydrogen-bond donors (Lipinski definition) is 1. The van der Waals surface area contributed by atoms with Crippen LogP contribution in [0.1, 0.15) is 18.4 Å². The van der Waals surface area contributed by atoms with Crippen LogP contribution in [0, 0.1) is 5.92 Å². The number of nitrogens with two attached hydrogens (primary N) is 1. The first kappa shape index (κ1) is 14.8. The quantitative estimate of drug-likeness (QED) is 0.665. The number of Topliss-reactive ketones (excluding diaryl/α,β-unsaturated/α-hetero) is 1. The molecule has 106 valence electrons. The number of thioether (sulfide) groups is 1. The molecular formula is C15H17NO3S. The maximum Gasteiger partial charge on any atom is 0.204 e. The zero-order chi connectivity index (χ0) is 14.5. The van der Waals surface area contributed by atoms with Crippen LogP contribution in [0.3, 0.4) is 0 Å². The topological polar surface area (TPSA) is 69.4 Å². The lowest BCUT2D eigenvalue weighted by atomic mass is 9.99. The third kappa shape index (κ3) is 3.29. The van der Waals surface area contributed by atoms with Crippen molar-refractivity contribution in [1.82, 2.24) is 0 Å². The summed E-state index contributed by atoms with van der Waals surface area (Å²) in [5, 5.41) is -0.0717. The minimum Gasteiger partial charge on any atom is -0.497 e. The van der Waals surface area contributed by atoms with Crippen LogP contribution < -0.4 is 10.5 Å². The van der Waals surface area contributed by atoms with E-state index in [9.17, 15) is 9.59 Å². The van der Waals surface area contributed by atoms with Crippen molar-refractivity contribution < 1.29 is 14.3 Å². The van der Waals surface area contributed by atoms with Gasteiger partial charge in [-0.1, -0.05) is 12.1 Å². The van der Waals surface area contributed by atoms with E-state index in [4.69, 9.17) is 10.5 Å². The fraction of sp³-hybridized carbons (Fsp3) is 0.333. The lowest BCUT2D eigenvalue weighted by Gasteiger charge is -2.03. The minimum atomic E-state index is -0.527. The normalized spacial score (nSPS) is 20.7. The van der Waals surface area contributed by atoms with Crippen LogP contribution in [-0.4, -0.2) is 24.6 Å². The van der Waals surface area contributed by atoms with Crippen LogP contribution >= 0.6 is 11.8 Å². The van der Waals surface area contributed by atoms with E-state index < -0.39 is 5.92 Å². The van der Waals surface area contributed by atoms with Crippen molar-refractivity contribution in [2.45, 2.75) is 12.8 Å². The SMILES string of the molecule is COc1cccc(/C=C2\SC(=O)C(CCCN)C2=O)c1. The van der Waals surface area contributed by atoms with Crippen LogP contribution in [0.25, 0.3) is 6.08 Å². The number of ketones is 1. The summed E-state index contributed by atoms with van der Waals surface area (Å²) in [4.78, 5) is 24.6. The smallest absolute Gasteiger partial charge is 0.204 e. The molecule has 0 aromatic heterocycles. The second-order valence-corrected chi connectivity index (χ2v) is 5.60. The molecular weight excluding hydrogens is 274 g/mol. The van der Waals surface area contributed by atoms with Crippen molar-refractivity contribution in [3.63, 3.8) is 0 Å². The lowest BCUT2D eigenvalue weighted by Crippen LogP contribution is -2.15. The fourth-order valence-corrected chi connectivity index (χ4v) is 3.08. The van der Waals surface area contributed by atoms with E-state index >= 15 is 0 Å². The molecule has 5 heteroatoms. The van der Waals surface area contributed by atoms with E-state index in [2.05, 4.69) is 0 Å². The molecule has 1 heterocycles. The molecule has 1 aliphatic rings. The highest BCUT2D eigenvalue weighted by molar-refractivity contribution is 8.18. The maximum atomic E-state index is 12.2. The molecule has 20 heavy (non-hydrogen) atoms. The molecule has 0 amide bonds. The molecule has 0 saturated carbocycles. The third-order valence-corrected chi connectivity index (χ3v) is 4.17. The van der Waals surface area contributed by atoms with Crippen molar-refractivity contribution >= 4 is 28.7 Å². The van der Waals surface area contributed by atoms with Crippen molar-refractivity contribution in [3.05, 3.63) is 34.7 Å². The van der Waals surface area contributed by atoms with E-state index in [0.717, 1.165) is 23.1 Å². The van der Waals surface area contributed by atoms with Crippen LogP contribution in [0.5, 0.6) is 5.75 Å². The molecule has 1 aliphatic heterocycles. The summed E-state index contributed by atoms with van der Waals surface area (Å²) in [6.07, 6.45) is 2.97. The maximum absolute atomic E-state index is 12.2. The van der Waals surface area contributed by atoms with Gasteiger partial charge in [-0.05, 0) is 54.9 Å². The molecule has 1 saturated heterocycles. The summed E-state index contributed by atoms with van der Waals surface area (Å²) >= 11 is 1.03. The monoisotopic (exact) mass is 291 g/mol. The molecule has 1 fully saturated rings. The van der Waals surface area contributed by atoms with Crippen molar-refractivity contribution in [3.8, 4) is 5.75 Å². The van der Waals surface area contributed by atoms with Gasteiger partial charge in [0, 0.05) is 0 Å². The molecule has 1 aromatic rings. The summed E-state index contributed by atoms with van der Waals surface area (Å²) in [5.41, 5.74) is 6.28. The van der Waals surface area contributed by atoms with Crippen LogP contribution in [0.4, 0.5) is 0 Å². The number of hydrogen-bond acceptors (Lipinski definition) is 5. The van der Waals surface area contributed by atoms with Gasteiger partial charge < -0.3 is 10.5 Å². The van der Waals surface area contributed by atoms with Crippen LogP contribution in [-0.2, 0) is 9.59 Å². The van der Waals surface area contributed by atoms with Gasteiger partial charge in [0.1, 0.15) is 5.75 Å². The predicted octanol–water partition coefficient (Wildman–Crippen LogP) is 2.23.